The van der Waals surface area contributed by atoms with Crippen LogP contribution >= 0.6 is 0 Å². The molecular weight excluding hydrogens is 404 g/mol. The van der Waals surface area contributed by atoms with E-state index < -0.39 is 0 Å². The average molecular weight is 439 g/mol. The smallest absolute Gasteiger partial charge is 0.328 e. The number of aromatic nitrogens is 2. The fourth-order valence-corrected chi connectivity index (χ4v) is 5.62. The first-order valence-electron chi connectivity index (χ1n) is 12.2. The van der Waals surface area contributed by atoms with E-state index in [9.17, 15) is 14.4 Å². The lowest BCUT2D eigenvalue weighted by Crippen LogP contribution is -2.51. The summed E-state index contributed by atoms with van der Waals surface area (Å²) >= 11 is 0. The second kappa shape index (κ2) is 8.41. The van der Waals surface area contributed by atoms with Gasteiger partial charge in [0.2, 0.25) is 11.8 Å². The summed E-state index contributed by atoms with van der Waals surface area (Å²) in [7, 11) is 1.86. The second-order valence-corrected chi connectivity index (χ2v) is 10.0. The van der Waals surface area contributed by atoms with Crippen LogP contribution in [-0.4, -0.2) is 56.9 Å². The van der Waals surface area contributed by atoms with Crippen molar-refractivity contribution in [2.45, 2.75) is 57.9 Å². The van der Waals surface area contributed by atoms with Gasteiger partial charge in [-0.05, 0) is 68.1 Å². The van der Waals surface area contributed by atoms with Crippen LogP contribution in [-0.2, 0) is 23.2 Å². The van der Waals surface area contributed by atoms with Gasteiger partial charge in [0.25, 0.3) is 0 Å². The van der Waals surface area contributed by atoms with Gasteiger partial charge in [-0.1, -0.05) is 6.07 Å². The zero-order chi connectivity index (χ0) is 22.4. The predicted molar refractivity (Wildman–Crippen MR) is 123 cm³/mol. The summed E-state index contributed by atoms with van der Waals surface area (Å²) in [6.07, 6.45) is 6.26. The summed E-state index contributed by atoms with van der Waals surface area (Å²) in [4.78, 5) is 41.2. The van der Waals surface area contributed by atoms with Gasteiger partial charge in [-0.2, -0.15) is 0 Å². The third kappa shape index (κ3) is 3.97. The Morgan fingerprint density at radius 3 is 2.19 bits per heavy atom. The highest BCUT2D eigenvalue weighted by Gasteiger charge is 2.32. The van der Waals surface area contributed by atoms with Crippen molar-refractivity contribution in [3.63, 3.8) is 0 Å². The van der Waals surface area contributed by atoms with Gasteiger partial charge in [0.05, 0.1) is 11.0 Å². The van der Waals surface area contributed by atoms with Crippen molar-refractivity contribution in [3.8, 4) is 0 Å². The van der Waals surface area contributed by atoms with Crippen molar-refractivity contribution in [1.29, 1.82) is 0 Å². The maximum absolute atomic E-state index is 13.0. The van der Waals surface area contributed by atoms with Crippen LogP contribution in [0.5, 0.6) is 0 Å². The quantitative estimate of drug-likeness (QED) is 0.737. The van der Waals surface area contributed by atoms with Gasteiger partial charge in [-0.3, -0.25) is 18.7 Å². The molecule has 0 bridgehead atoms. The van der Waals surface area contributed by atoms with Crippen LogP contribution in [0, 0.1) is 11.8 Å². The molecule has 7 heteroatoms. The summed E-state index contributed by atoms with van der Waals surface area (Å²) in [6.45, 7) is 4.90. The van der Waals surface area contributed by atoms with Crippen LogP contribution in [0.4, 0.5) is 0 Å². The molecule has 5 rings (SSSR count). The molecule has 2 heterocycles. The van der Waals surface area contributed by atoms with Crippen molar-refractivity contribution in [2.24, 2.45) is 18.9 Å². The fourth-order valence-electron chi connectivity index (χ4n) is 5.62. The van der Waals surface area contributed by atoms with Gasteiger partial charge < -0.3 is 9.80 Å². The summed E-state index contributed by atoms with van der Waals surface area (Å²) in [5.74, 6) is 1.53. The van der Waals surface area contributed by atoms with Crippen LogP contribution in [0.25, 0.3) is 11.0 Å². The highest BCUT2D eigenvalue weighted by Crippen LogP contribution is 2.41. The predicted octanol–water partition coefficient (Wildman–Crippen LogP) is 2.71. The first kappa shape index (κ1) is 21.3. The molecule has 7 nitrogen and oxygen atoms in total. The number of benzene rings is 1. The number of carbonyl (C=O) groups excluding carboxylic acids is 2. The number of nitrogens with zero attached hydrogens (tertiary/aromatic N) is 4. The first-order chi connectivity index (χ1) is 15.4. The number of piperazine rings is 1. The Morgan fingerprint density at radius 1 is 0.906 bits per heavy atom. The molecule has 1 saturated heterocycles. The summed E-state index contributed by atoms with van der Waals surface area (Å²) in [5, 5.41) is 0. The number of imidazole rings is 1. The highest BCUT2D eigenvalue weighted by molar-refractivity contribution is 5.80. The Kier molecular flexibility index (Phi) is 5.59. The SMILES string of the molecule is CC(=O)N1CCN(C(=O)[C@H]2CC[C@H](Cn3c(=O)n(C)c4ccc(C5CC5)cc43)CC2)CC1. The molecule has 32 heavy (non-hydrogen) atoms. The van der Waals surface area contributed by atoms with E-state index in [0.29, 0.717) is 38.0 Å². The monoisotopic (exact) mass is 438 g/mol. The molecule has 1 aromatic heterocycles. The zero-order valence-corrected chi connectivity index (χ0v) is 19.3. The summed E-state index contributed by atoms with van der Waals surface area (Å²) in [5.41, 5.74) is 3.49. The molecule has 2 amide bonds. The highest BCUT2D eigenvalue weighted by atomic mass is 16.2. The Labute approximate surface area is 189 Å². The lowest BCUT2D eigenvalue weighted by atomic mass is 9.81. The Hall–Kier alpha value is -2.57. The molecule has 0 radical (unpaired) electrons. The van der Waals surface area contributed by atoms with Crippen molar-refractivity contribution >= 4 is 22.8 Å². The van der Waals surface area contributed by atoms with Crippen LogP contribution in [0.1, 0.15) is 56.9 Å². The normalized spacial score (nSPS) is 24.2. The summed E-state index contributed by atoms with van der Waals surface area (Å²) < 4.78 is 3.73. The molecule has 2 aromatic rings. The molecule has 1 aliphatic heterocycles. The van der Waals surface area contributed by atoms with Gasteiger partial charge >= 0.3 is 5.69 Å². The average Bonchev–Trinajstić information content (AvgIpc) is 3.64. The molecule has 3 fully saturated rings. The second-order valence-electron chi connectivity index (χ2n) is 10.0. The fraction of sp³-hybridized carbons (Fsp3) is 0.640. The van der Waals surface area contributed by atoms with E-state index in [-0.39, 0.29) is 23.4 Å². The van der Waals surface area contributed by atoms with Crippen molar-refractivity contribution in [1.82, 2.24) is 18.9 Å². The van der Waals surface area contributed by atoms with Crippen LogP contribution in [0.2, 0.25) is 0 Å². The number of aryl methyl sites for hydroxylation is 1. The molecule has 2 aliphatic carbocycles. The minimum Gasteiger partial charge on any atom is -0.339 e. The number of amides is 2. The van der Waals surface area contributed by atoms with E-state index in [2.05, 4.69) is 18.2 Å². The third-order valence-corrected chi connectivity index (χ3v) is 7.89. The summed E-state index contributed by atoms with van der Waals surface area (Å²) in [6, 6.07) is 6.50. The van der Waals surface area contributed by atoms with E-state index in [1.807, 2.05) is 21.4 Å². The molecule has 3 aliphatic rings. The van der Waals surface area contributed by atoms with Crippen LogP contribution < -0.4 is 5.69 Å². The maximum Gasteiger partial charge on any atom is 0.328 e. The maximum atomic E-state index is 13.0. The van der Waals surface area contributed by atoms with Crippen molar-refractivity contribution in [2.75, 3.05) is 26.2 Å². The van der Waals surface area contributed by atoms with Gasteiger partial charge in [0, 0.05) is 52.6 Å². The minimum atomic E-state index is 0.0643. The topological polar surface area (TPSA) is 67.6 Å². The molecule has 2 saturated carbocycles. The first-order valence-corrected chi connectivity index (χ1v) is 12.2. The van der Waals surface area contributed by atoms with Crippen LogP contribution in [0.15, 0.2) is 23.0 Å². The van der Waals surface area contributed by atoms with Crippen LogP contribution in [0.3, 0.4) is 0 Å². The molecule has 0 unspecified atom stereocenters. The molecule has 0 atom stereocenters. The van der Waals surface area contributed by atoms with Crippen molar-refractivity contribution in [3.05, 3.63) is 34.2 Å². The Morgan fingerprint density at radius 2 is 1.56 bits per heavy atom. The van der Waals surface area contributed by atoms with E-state index in [1.54, 1.807) is 11.5 Å². The van der Waals surface area contributed by atoms with E-state index in [0.717, 1.165) is 43.3 Å². The largest absolute Gasteiger partial charge is 0.339 e. The van der Waals surface area contributed by atoms with Crippen molar-refractivity contribution < 1.29 is 9.59 Å². The number of hydrogen-bond donors (Lipinski definition) is 0. The molecule has 1 aromatic carbocycles. The Balaban J connectivity index is 1.22. The number of fused-ring (bicyclic) bond motifs is 1. The van der Waals surface area contributed by atoms with Gasteiger partial charge in [0.1, 0.15) is 0 Å². The van der Waals surface area contributed by atoms with Gasteiger partial charge in [-0.25, -0.2) is 4.79 Å². The minimum absolute atomic E-state index is 0.0643. The number of rotatable bonds is 4. The standard InChI is InChI=1S/C25H34N4O3/c1-17(30)27-11-13-28(14-12-27)24(31)20-5-3-18(4-6-20)16-29-23-15-21(19-7-8-19)9-10-22(23)26(2)25(29)32/h9-10,15,18-20H,3-8,11-14,16H2,1-2H3/t18-,20-. The molecule has 0 spiro atoms. The van der Waals surface area contributed by atoms with Gasteiger partial charge in [-0.15, -0.1) is 0 Å². The third-order valence-electron chi connectivity index (χ3n) is 7.89. The molecular formula is C25H34N4O3. The number of hydrogen-bond acceptors (Lipinski definition) is 3. The zero-order valence-electron chi connectivity index (χ0n) is 19.3. The lowest BCUT2D eigenvalue weighted by Gasteiger charge is -2.37. The Bertz CT molecular complexity index is 1080. The molecule has 0 N–H and O–H groups in total. The van der Waals surface area contributed by atoms with E-state index in [4.69, 9.17) is 0 Å². The lowest BCUT2D eigenvalue weighted by molar-refractivity contribution is -0.142. The number of carbonyl (C=O) groups is 2. The van der Waals surface area contributed by atoms with E-state index >= 15 is 0 Å². The van der Waals surface area contributed by atoms with Gasteiger partial charge in [0.15, 0.2) is 0 Å². The molecule has 172 valence electrons. The van der Waals surface area contributed by atoms with E-state index in [1.165, 1.54) is 18.4 Å².